The van der Waals surface area contributed by atoms with Crippen molar-refractivity contribution in [1.82, 2.24) is 19.5 Å². The van der Waals surface area contributed by atoms with Gasteiger partial charge >= 0.3 is 0 Å². The van der Waals surface area contributed by atoms with Gasteiger partial charge in [-0.05, 0) is 87.2 Å². The summed E-state index contributed by atoms with van der Waals surface area (Å²) in [5.41, 5.74) is 19.1. The number of aromatic nitrogens is 4. The topological polar surface area (TPSA) is 43.6 Å². The van der Waals surface area contributed by atoms with Gasteiger partial charge in [0, 0.05) is 44.8 Å². The Bertz CT molecular complexity index is 3370. The number of allylic oxidation sites excluding steroid dienone is 1. The van der Waals surface area contributed by atoms with Gasteiger partial charge in [0.2, 0.25) is 0 Å². The molecule has 0 N–H and O–H groups in total. The summed E-state index contributed by atoms with van der Waals surface area (Å²) in [6, 6.07) is 72.6. The van der Waals surface area contributed by atoms with Gasteiger partial charge in [-0.25, -0.2) is 15.0 Å². The summed E-state index contributed by atoms with van der Waals surface area (Å²) >= 11 is 0. The van der Waals surface area contributed by atoms with Gasteiger partial charge < -0.3 is 4.57 Å². The van der Waals surface area contributed by atoms with Crippen LogP contribution in [0.4, 0.5) is 0 Å². The van der Waals surface area contributed by atoms with E-state index in [0.29, 0.717) is 17.5 Å². The molecule has 1 aliphatic carbocycles. The second kappa shape index (κ2) is 18.0. The van der Waals surface area contributed by atoms with Crippen LogP contribution in [0.2, 0.25) is 0 Å². The Labute approximate surface area is 392 Å². The fourth-order valence-corrected chi connectivity index (χ4v) is 9.78. The van der Waals surface area contributed by atoms with Crippen LogP contribution in [0.3, 0.4) is 0 Å². The molecule has 0 atom stereocenters. The van der Waals surface area contributed by atoms with Crippen molar-refractivity contribution in [2.75, 3.05) is 0 Å². The van der Waals surface area contributed by atoms with E-state index in [9.17, 15) is 0 Å². The lowest BCUT2D eigenvalue weighted by molar-refractivity contribution is 0.955. The number of benzene rings is 8. The predicted octanol–water partition coefficient (Wildman–Crippen LogP) is 16.2. The maximum absolute atomic E-state index is 5.54. The summed E-state index contributed by atoms with van der Waals surface area (Å²) in [7, 11) is 0. The van der Waals surface area contributed by atoms with E-state index >= 15 is 0 Å². The van der Waals surface area contributed by atoms with Crippen molar-refractivity contribution in [2.45, 2.75) is 12.8 Å². The summed E-state index contributed by atoms with van der Waals surface area (Å²) in [5, 5.41) is 0. The van der Waals surface area contributed by atoms with Crippen molar-refractivity contribution >= 4 is 18.2 Å². The van der Waals surface area contributed by atoms with Crippen molar-refractivity contribution in [2.24, 2.45) is 0 Å². The summed E-state index contributed by atoms with van der Waals surface area (Å²) < 4.78 is 2.32. The molecule has 0 spiro atoms. The van der Waals surface area contributed by atoms with E-state index in [0.717, 1.165) is 102 Å². The lowest BCUT2D eigenvalue weighted by atomic mass is 9.75. The van der Waals surface area contributed by atoms with E-state index in [1.165, 1.54) is 11.3 Å². The van der Waals surface area contributed by atoms with Crippen LogP contribution in [0.15, 0.2) is 225 Å². The Morgan fingerprint density at radius 3 is 1.12 bits per heavy atom. The molecule has 0 saturated heterocycles. The van der Waals surface area contributed by atoms with Crippen molar-refractivity contribution in [3.63, 3.8) is 0 Å². The number of hydrogen-bond donors (Lipinski definition) is 0. The molecule has 10 aromatic rings. The van der Waals surface area contributed by atoms with Crippen molar-refractivity contribution in [3.8, 4) is 95.5 Å². The standard InChI is InChI=1S/C63H46N4/c1-3-51-52-37-23-24-38-54(52)67(53(51)4-2)50-41-39-47(40-42-50)59-57(45-29-15-7-16-30-45)55(43-25-11-5-12-26-43)56(44-27-13-6-14-28-44)58(46-31-17-8-18-32-46)60(59)63-65-61(48-33-19-9-20-34-48)64-62(66-63)49-35-21-10-22-36-49/h3-22,24-36,38-42H,1-2,23,37H2. The molecule has 0 aliphatic heterocycles. The predicted molar refractivity (Wildman–Crippen MR) is 280 cm³/mol. The van der Waals surface area contributed by atoms with E-state index < -0.39 is 0 Å². The molecule has 0 unspecified atom stereocenters. The molecule has 4 heteroatoms. The smallest absolute Gasteiger partial charge is 0.165 e. The summed E-state index contributed by atoms with van der Waals surface area (Å²) in [5.74, 6) is 1.77. The Morgan fingerprint density at radius 1 is 0.373 bits per heavy atom. The second-order valence-electron chi connectivity index (χ2n) is 16.6. The van der Waals surface area contributed by atoms with Gasteiger partial charge in [-0.2, -0.15) is 0 Å². The fraction of sp³-hybridized carbons (Fsp3) is 0.0317. The average molecular weight is 859 g/mol. The fourth-order valence-electron chi connectivity index (χ4n) is 9.78. The molecular weight excluding hydrogens is 813 g/mol. The van der Waals surface area contributed by atoms with Crippen LogP contribution in [-0.2, 0) is 6.42 Å². The molecule has 1 aliphatic rings. The first kappa shape index (κ1) is 41.0. The first-order valence-corrected chi connectivity index (χ1v) is 22.8. The van der Waals surface area contributed by atoms with Crippen molar-refractivity contribution < 1.29 is 0 Å². The Kier molecular flexibility index (Phi) is 11.0. The third-order valence-corrected chi connectivity index (χ3v) is 12.7. The molecule has 2 heterocycles. The minimum Gasteiger partial charge on any atom is -0.310 e. The lowest BCUT2D eigenvalue weighted by Gasteiger charge is -2.28. The van der Waals surface area contributed by atoms with E-state index in [2.05, 4.69) is 200 Å². The largest absolute Gasteiger partial charge is 0.310 e. The molecule has 0 saturated carbocycles. The van der Waals surface area contributed by atoms with Crippen LogP contribution in [0, 0.1) is 0 Å². The van der Waals surface area contributed by atoms with Crippen LogP contribution < -0.4 is 0 Å². The number of rotatable bonds is 11. The number of hydrogen-bond acceptors (Lipinski definition) is 3. The molecular formula is C63H46N4. The van der Waals surface area contributed by atoms with E-state index in [1.807, 2.05) is 48.6 Å². The van der Waals surface area contributed by atoms with Gasteiger partial charge in [-0.3, -0.25) is 0 Å². The third kappa shape index (κ3) is 7.55. The maximum atomic E-state index is 5.54. The van der Waals surface area contributed by atoms with E-state index in [-0.39, 0.29) is 0 Å². The summed E-state index contributed by atoms with van der Waals surface area (Å²) in [4.78, 5) is 16.3. The zero-order valence-electron chi connectivity index (χ0n) is 37.1. The van der Waals surface area contributed by atoms with Crippen LogP contribution in [0.1, 0.15) is 28.9 Å². The van der Waals surface area contributed by atoms with Gasteiger partial charge in [-0.1, -0.05) is 219 Å². The molecule has 4 nitrogen and oxygen atoms in total. The molecule has 0 radical (unpaired) electrons. The molecule has 11 rings (SSSR count). The Morgan fingerprint density at radius 2 is 0.731 bits per heavy atom. The highest BCUT2D eigenvalue weighted by Crippen LogP contribution is 2.55. The zero-order valence-corrected chi connectivity index (χ0v) is 37.1. The van der Waals surface area contributed by atoms with Crippen molar-refractivity contribution in [1.29, 1.82) is 0 Å². The summed E-state index contributed by atoms with van der Waals surface area (Å²) in [6.45, 7) is 8.51. The van der Waals surface area contributed by atoms with Crippen LogP contribution in [-0.4, -0.2) is 19.5 Å². The van der Waals surface area contributed by atoms with Gasteiger partial charge in [0.05, 0.1) is 5.69 Å². The molecule has 0 amide bonds. The maximum Gasteiger partial charge on any atom is 0.165 e. The minimum atomic E-state index is 0.578. The number of nitrogens with zero attached hydrogens (tertiary/aromatic N) is 4. The molecule has 8 aromatic carbocycles. The van der Waals surface area contributed by atoms with Gasteiger partial charge in [-0.15, -0.1) is 0 Å². The quantitative estimate of drug-likeness (QED) is 0.130. The lowest BCUT2D eigenvalue weighted by Crippen LogP contribution is -2.06. The zero-order chi connectivity index (χ0) is 45.1. The molecule has 67 heavy (non-hydrogen) atoms. The van der Waals surface area contributed by atoms with Crippen molar-refractivity contribution in [3.05, 3.63) is 248 Å². The summed E-state index contributed by atoms with van der Waals surface area (Å²) in [6.07, 6.45) is 10.4. The van der Waals surface area contributed by atoms with Crippen LogP contribution in [0.5, 0.6) is 0 Å². The number of fused-ring (bicyclic) bond motifs is 1. The van der Waals surface area contributed by atoms with Crippen LogP contribution in [0.25, 0.3) is 114 Å². The van der Waals surface area contributed by atoms with E-state index in [4.69, 9.17) is 15.0 Å². The second-order valence-corrected chi connectivity index (χ2v) is 16.6. The molecule has 2 aromatic heterocycles. The van der Waals surface area contributed by atoms with Crippen LogP contribution >= 0.6 is 0 Å². The first-order valence-electron chi connectivity index (χ1n) is 22.8. The Hall–Kier alpha value is -8.73. The Balaban J connectivity index is 1.34. The minimum absolute atomic E-state index is 0.578. The highest BCUT2D eigenvalue weighted by Gasteiger charge is 2.31. The molecule has 0 bridgehead atoms. The normalized spacial score (nSPS) is 11.8. The third-order valence-electron chi connectivity index (χ3n) is 12.7. The first-order chi connectivity index (χ1) is 33.2. The highest BCUT2D eigenvalue weighted by atomic mass is 15.0. The molecule has 318 valence electrons. The SMILES string of the molecule is C=Cc1c2c(n(-c3ccc(-c4c(-c5ccccc5)c(-c5ccccc5)c(-c5ccccc5)c(-c5ccccc5)c4-c4nc(-c5ccccc5)nc(-c5ccccc5)n4)cc3)c1C=C)C=CCC2. The monoisotopic (exact) mass is 858 g/mol. The van der Waals surface area contributed by atoms with Gasteiger partial charge in [0.1, 0.15) is 0 Å². The average Bonchev–Trinajstić information content (AvgIpc) is 3.75. The van der Waals surface area contributed by atoms with E-state index in [1.54, 1.807) is 0 Å². The van der Waals surface area contributed by atoms with Gasteiger partial charge in [0.15, 0.2) is 17.5 Å². The van der Waals surface area contributed by atoms with Gasteiger partial charge in [0.25, 0.3) is 0 Å². The molecule has 0 fully saturated rings. The highest BCUT2D eigenvalue weighted by molar-refractivity contribution is 6.14.